The highest BCUT2D eigenvalue weighted by Gasteiger charge is 2.21. The smallest absolute Gasteiger partial charge is 0.242 e. The normalized spacial score (nSPS) is 19.0. The molecule has 0 atom stereocenters. The van der Waals surface area contributed by atoms with Crippen molar-refractivity contribution in [1.82, 2.24) is 10.2 Å². The SMILES string of the molecule is C=C1CN(C(C)C)C(=O)CN1. The highest BCUT2D eigenvalue weighted by atomic mass is 16.2. The van der Waals surface area contributed by atoms with Crippen molar-refractivity contribution in [3.05, 3.63) is 12.3 Å². The first-order valence-electron chi connectivity index (χ1n) is 3.82. The predicted octanol–water partition coefficient (Wildman–Crippen LogP) is 0.340. The Hall–Kier alpha value is -0.990. The van der Waals surface area contributed by atoms with Gasteiger partial charge in [-0.05, 0) is 13.8 Å². The molecule has 1 rings (SSSR count). The van der Waals surface area contributed by atoms with Gasteiger partial charge in [-0.1, -0.05) is 6.58 Å². The summed E-state index contributed by atoms with van der Waals surface area (Å²) >= 11 is 0. The minimum Gasteiger partial charge on any atom is -0.379 e. The van der Waals surface area contributed by atoms with Crippen LogP contribution in [0, 0.1) is 0 Å². The van der Waals surface area contributed by atoms with Crippen molar-refractivity contribution < 1.29 is 4.79 Å². The molecule has 0 bridgehead atoms. The standard InChI is InChI=1S/C8H14N2O/c1-6(2)10-5-7(3)9-4-8(10)11/h6,9H,3-5H2,1-2H3. The summed E-state index contributed by atoms with van der Waals surface area (Å²) in [6.45, 7) is 8.85. The van der Waals surface area contributed by atoms with E-state index in [-0.39, 0.29) is 11.9 Å². The van der Waals surface area contributed by atoms with E-state index in [9.17, 15) is 4.79 Å². The zero-order valence-electron chi connectivity index (χ0n) is 7.05. The second-order valence-corrected chi connectivity index (χ2v) is 3.07. The molecule has 1 heterocycles. The summed E-state index contributed by atoms with van der Waals surface area (Å²) in [4.78, 5) is 13.0. The fourth-order valence-electron chi connectivity index (χ4n) is 1.12. The molecule has 0 radical (unpaired) electrons. The van der Waals surface area contributed by atoms with Crippen LogP contribution in [0.5, 0.6) is 0 Å². The molecule has 0 saturated carbocycles. The van der Waals surface area contributed by atoms with Gasteiger partial charge in [0.25, 0.3) is 0 Å². The van der Waals surface area contributed by atoms with E-state index in [1.165, 1.54) is 0 Å². The number of nitrogens with one attached hydrogen (secondary N) is 1. The van der Waals surface area contributed by atoms with E-state index in [4.69, 9.17) is 0 Å². The van der Waals surface area contributed by atoms with E-state index in [1.807, 2.05) is 18.7 Å². The summed E-state index contributed by atoms with van der Waals surface area (Å²) in [5, 5.41) is 2.93. The van der Waals surface area contributed by atoms with Crippen molar-refractivity contribution in [2.24, 2.45) is 0 Å². The zero-order valence-corrected chi connectivity index (χ0v) is 7.05. The largest absolute Gasteiger partial charge is 0.379 e. The van der Waals surface area contributed by atoms with E-state index >= 15 is 0 Å². The van der Waals surface area contributed by atoms with Gasteiger partial charge >= 0.3 is 0 Å². The Bertz CT molecular complexity index is 187. The number of carbonyl (C=O) groups is 1. The lowest BCUT2D eigenvalue weighted by atomic mass is 10.2. The average Bonchev–Trinajstić information content (AvgIpc) is 1.94. The maximum absolute atomic E-state index is 11.2. The van der Waals surface area contributed by atoms with Crippen molar-refractivity contribution in [1.29, 1.82) is 0 Å². The number of carbonyl (C=O) groups excluding carboxylic acids is 1. The van der Waals surface area contributed by atoms with Gasteiger partial charge in [-0.3, -0.25) is 4.79 Å². The quantitative estimate of drug-likeness (QED) is 0.590. The van der Waals surface area contributed by atoms with Gasteiger partial charge in [0.15, 0.2) is 0 Å². The first kappa shape index (κ1) is 8.11. The van der Waals surface area contributed by atoms with E-state index in [0.29, 0.717) is 13.1 Å². The van der Waals surface area contributed by atoms with Crippen LogP contribution in [-0.2, 0) is 4.79 Å². The van der Waals surface area contributed by atoms with Gasteiger partial charge in [0.2, 0.25) is 5.91 Å². The summed E-state index contributed by atoms with van der Waals surface area (Å²) < 4.78 is 0. The summed E-state index contributed by atoms with van der Waals surface area (Å²) in [5.74, 6) is 0.160. The van der Waals surface area contributed by atoms with Gasteiger partial charge in [0.1, 0.15) is 0 Å². The Morgan fingerprint density at radius 3 is 2.73 bits per heavy atom. The van der Waals surface area contributed by atoms with Gasteiger partial charge < -0.3 is 10.2 Å². The number of hydrogen-bond acceptors (Lipinski definition) is 2. The molecule has 3 nitrogen and oxygen atoms in total. The molecule has 0 aliphatic carbocycles. The fourth-order valence-corrected chi connectivity index (χ4v) is 1.12. The monoisotopic (exact) mass is 154 g/mol. The number of piperazine rings is 1. The first-order chi connectivity index (χ1) is 5.11. The molecule has 1 amide bonds. The van der Waals surface area contributed by atoms with Crippen LogP contribution < -0.4 is 5.32 Å². The Labute approximate surface area is 67.1 Å². The average molecular weight is 154 g/mol. The van der Waals surface area contributed by atoms with Crippen molar-refractivity contribution in [2.45, 2.75) is 19.9 Å². The molecule has 3 heteroatoms. The summed E-state index contributed by atoms with van der Waals surface area (Å²) in [6, 6.07) is 0.279. The van der Waals surface area contributed by atoms with Crippen molar-refractivity contribution >= 4 is 5.91 Å². The van der Waals surface area contributed by atoms with Crippen LogP contribution >= 0.6 is 0 Å². The second-order valence-electron chi connectivity index (χ2n) is 3.07. The summed E-state index contributed by atoms with van der Waals surface area (Å²) in [7, 11) is 0. The van der Waals surface area contributed by atoms with Gasteiger partial charge in [-0.15, -0.1) is 0 Å². The predicted molar refractivity (Wildman–Crippen MR) is 44.0 cm³/mol. The van der Waals surface area contributed by atoms with Crippen LogP contribution in [-0.4, -0.2) is 29.9 Å². The molecule has 0 aromatic rings. The second kappa shape index (κ2) is 2.95. The van der Waals surface area contributed by atoms with Crippen LogP contribution in [0.1, 0.15) is 13.8 Å². The third kappa shape index (κ3) is 1.73. The first-order valence-corrected chi connectivity index (χ1v) is 3.82. The number of nitrogens with zero attached hydrogens (tertiary/aromatic N) is 1. The molecule has 62 valence electrons. The molecule has 1 N–H and O–H groups in total. The molecule has 1 aliphatic rings. The van der Waals surface area contributed by atoms with E-state index in [0.717, 1.165) is 5.70 Å². The molecule has 0 aromatic heterocycles. The van der Waals surface area contributed by atoms with Crippen molar-refractivity contribution in [3.8, 4) is 0 Å². The minimum atomic E-state index is 0.160. The molecule has 0 spiro atoms. The van der Waals surface area contributed by atoms with Crippen molar-refractivity contribution in [3.63, 3.8) is 0 Å². The molecular formula is C8H14N2O. The molecule has 1 saturated heterocycles. The van der Waals surface area contributed by atoms with Crippen molar-refractivity contribution in [2.75, 3.05) is 13.1 Å². The number of rotatable bonds is 1. The van der Waals surface area contributed by atoms with E-state index in [2.05, 4.69) is 11.9 Å². The minimum absolute atomic E-state index is 0.160. The van der Waals surface area contributed by atoms with E-state index < -0.39 is 0 Å². The Balaban J connectivity index is 2.61. The molecule has 1 fully saturated rings. The van der Waals surface area contributed by atoms with Crippen LogP contribution in [0.2, 0.25) is 0 Å². The maximum Gasteiger partial charge on any atom is 0.242 e. The number of amides is 1. The molecule has 11 heavy (non-hydrogen) atoms. The van der Waals surface area contributed by atoms with Crippen LogP contribution in [0.15, 0.2) is 12.3 Å². The van der Waals surface area contributed by atoms with Gasteiger partial charge in [-0.2, -0.15) is 0 Å². The molecule has 0 aromatic carbocycles. The lowest BCUT2D eigenvalue weighted by Crippen LogP contribution is -2.49. The van der Waals surface area contributed by atoms with Crippen LogP contribution in [0.25, 0.3) is 0 Å². The number of hydrogen-bond donors (Lipinski definition) is 1. The third-order valence-electron chi connectivity index (χ3n) is 1.79. The highest BCUT2D eigenvalue weighted by Crippen LogP contribution is 2.05. The topological polar surface area (TPSA) is 32.3 Å². The van der Waals surface area contributed by atoms with Gasteiger partial charge in [0, 0.05) is 11.7 Å². The molecule has 0 unspecified atom stereocenters. The lowest BCUT2D eigenvalue weighted by molar-refractivity contribution is -0.132. The Morgan fingerprint density at radius 1 is 1.64 bits per heavy atom. The highest BCUT2D eigenvalue weighted by molar-refractivity contribution is 5.80. The summed E-state index contributed by atoms with van der Waals surface area (Å²) in [6.07, 6.45) is 0. The Kier molecular flexibility index (Phi) is 2.17. The van der Waals surface area contributed by atoms with Gasteiger partial charge in [-0.25, -0.2) is 0 Å². The zero-order chi connectivity index (χ0) is 8.43. The van der Waals surface area contributed by atoms with Crippen LogP contribution in [0.3, 0.4) is 0 Å². The maximum atomic E-state index is 11.2. The van der Waals surface area contributed by atoms with E-state index in [1.54, 1.807) is 0 Å². The molecular weight excluding hydrogens is 140 g/mol. The Morgan fingerprint density at radius 2 is 2.27 bits per heavy atom. The summed E-state index contributed by atoms with van der Waals surface area (Å²) in [5.41, 5.74) is 0.929. The fraction of sp³-hybridized carbons (Fsp3) is 0.625. The third-order valence-corrected chi connectivity index (χ3v) is 1.79. The van der Waals surface area contributed by atoms with Crippen LogP contribution in [0.4, 0.5) is 0 Å². The van der Waals surface area contributed by atoms with Gasteiger partial charge in [0.05, 0.1) is 13.1 Å². The lowest BCUT2D eigenvalue weighted by Gasteiger charge is -2.32. The molecule has 1 aliphatic heterocycles.